The van der Waals surface area contributed by atoms with Gasteiger partial charge < -0.3 is 24.6 Å². The van der Waals surface area contributed by atoms with Gasteiger partial charge in [-0.2, -0.15) is 5.10 Å². The molecule has 1 aliphatic heterocycles. The molecule has 9 nitrogen and oxygen atoms in total. The Balaban J connectivity index is 1.68. The monoisotopic (exact) mass is 491 g/mol. The van der Waals surface area contributed by atoms with Crippen LogP contribution in [0, 0.1) is 5.92 Å². The Morgan fingerprint density at radius 2 is 1.97 bits per heavy atom. The number of rotatable bonds is 7. The Kier molecular flexibility index (Phi) is 7.01. The molecule has 3 N–H and O–H groups in total. The highest BCUT2D eigenvalue weighted by molar-refractivity contribution is 9.10. The van der Waals surface area contributed by atoms with Crippen LogP contribution in [0.3, 0.4) is 0 Å². The van der Waals surface area contributed by atoms with Gasteiger partial charge in [0.1, 0.15) is 6.04 Å². The molecule has 1 heterocycles. The zero-order valence-electron chi connectivity index (χ0n) is 17.1. The minimum Gasteiger partial charge on any atom is -0.504 e. The topological polar surface area (TPSA) is 118 Å². The lowest BCUT2D eigenvalue weighted by Gasteiger charge is -2.20. The maximum atomic E-state index is 12.6. The van der Waals surface area contributed by atoms with Crippen molar-refractivity contribution in [1.82, 2.24) is 10.7 Å². The molecular weight excluding hydrogens is 470 g/mol. The number of benzene rings is 2. The van der Waals surface area contributed by atoms with Crippen LogP contribution >= 0.6 is 15.9 Å². The Labute approximate surface area is 187 Å². The average Bonchev–Trinajstić information content (AvgIpc) is 3.21. The second-order valence-corrected chi connectivity index (χ2v) is 7.96. The van der Waals surface area contributed by atoms with E-state index in [2.05, 4.69) is 31.8 Å². The van der Waals surface area contributed by atoms with E-state index in [1.54, 1.807) is 44.2 Å². The van der Waals surface area contributed by atoms with Crippen molar-refractivity contribution in [2.45, 2.75) is 19.9 Å². The summed E-state index contributed by atoms with van der Waals surface area (Å²) in [6.07, 6.45) is 1.29. The largest absolute Gasteiger partial charge is 0.504 e. The van der Waals surface area contributed by atoms with Crippen LogP contribution in [0.5, 0.6) is 23.0 Å². The van der Waals surface area contributed by atoms with Crippen LogP contribution in [0.1, 0.15) is 29.8 Å². The number of aromatic hydroxyl groups is 1. The van der Waals surface area contributed by atoms with Crippen molar-refractivity contribution in [3.05, 3.63) is 45.9 Å². The van der Waals surface area contributed by atoms with E-state index in [4.69, 9.17) is 14.2 Å². The summed E-state index contributed by atoms with van der Waals surface area (Å²) in [6, 6.07) is 7.19. The number of hydrazone groups is 1. The molecule has 0 aromatic heterocycles. The molecule has 164 valence electrons. The van der Waals surface area contributed by atoms with E-state index >= 15 is 0 Å². The fourth-order valence-corrected chi connectivity index (χ4v) is 3.34. The van der Waals surface area contributed by atoms with Gasteiger partial charge >= 0.3 is 0 Å². The highest BCUT2D eigenvalue weighted by Gasteiger charge is 2.25. The molecule has 0 radical (unpaired) electrons. The van der Waals surface area contributed by atoms with Crippen LogP contribution in [0.25, 0.3) is 0 Å². The number of phenolic OH excluding ortho intramolecular Hbond substituents is 1. The second-order valence-electron chi connectivity index (χ2n) is 7.04. The number of ether oxygens (including phenoxy) is 3. The molecule has 2 aromatic carbocycles. The maximum Gasteiger partial charge on any atom is 0.262 e. The molecule has 0 bridgehead atoms. The lowest BCUT2D eigenvalue weighted by molar-refractivity contribution is -0.123. The van der Waals surface area contributed by atoms with Gasteiger partial charge in [0.25, 0.3) is 11.8 Å². The van der Waals surface area contributed by atoms with Crippen molar-refractivity contribution in [2.24, 2.45) is 11.0 Å². The summed E-state index contributed by atoms with van der Waals surface area (Å²) in [6.45, 7) is 3.71. The number of amides is 2. The van der Waals surface area contributed by atoms with Crippen LogP contribution in [-0.4, -0.2) is 43.1 Å². The van der Waals surface area contributed by atoms with E-state index in [0.29, 0.717) is 27.1 Å². The molecule has 0 saturated heterocycles. The van der Waals surface area contributed by atoms with E-state index < -0.39 is 17.9 Å². The zero-order chi connectivity index (χ0) is 22.5. The number of hydrogen-bond donors (Lipinski definition) is 3. The number of carbonyl (C=O) groups is 2. The van der Waals surface area contributed by atoms with Gasteiger partial charge in [-0.1, -0.05) is 29.8 Å². The molecule has 0 fully saturated rings. The second kappa shape index (κ2) is 9.69. The minimum atomic E-state index is -0.833. The third kappa shape index (κ3) is 5.26. The van der Waals surface area contributed by atoms with E-state index in [9.17, 15) is 14.7 Å². The molecule has 10 heteroatoms. The van der Waals surface area contributed by atoms with Gasteiger partial charge in [-0.25, -0.2) is 5.43 Å². The molecule has 2 aromatic rings. The van der Waals surface area contributed by atoms with E-state index in [0.717, 1.165) is 0 Å². The van der Waals surface area contributed by atoms with Gasteiger partial charge in [0.05, 0.1) is 13.3 Å². The van der Waals surface area contributed by atoms with Gasteiger partial charge in [-0.05, 0) is 36.2 Å². The predicted molar refractivity (Wildman–Crippen MR) is 117 cm³/mol. The number of nitrogens with zero attached hydrogens (tertiary/aromatic N) is 1. The summed E-state index contributed by atoms with van der Waals surface area (Å²) >= 11 is 3.31. The first kappa shape index (κ1) is 22.4. The van der Waals surface area contributed by atoms with Gasteiger partial charge in [-0.15, -0.1) is 0 Å². The molecule has 1 atom stereocenters. The van der Waals surface area contributed by atoms with Gasteiger partial charge in [0.15, 0.2) is 23.0 Å². The van der Waals surface area contributed by atoms with Crippen molar-refractivity contribution < 1.29 is 28.9 Å². The lowest BCUT2D eigenvalue weighted by Crippen LogP contribution is -2.48. The molecule has 1 unspecified atom stereocenters. The van der Waals surface area contributed by atoms with E-state index in [-0.39, 0.29) is 24.2 Å². The summed E-state index contributed by atoms with van der Waals surface area (Å²) in [5, 5.41) is 16.8. The van der Waals surface area contributed by atoms with Gasteiger partial charge in [0, 0.05) is 15.6 Å². The number of hydrogen-bond acceptors (Lipinski definition) is 7. The van der Waals surface area contributed by atoms with Crippen molar-refractivity contribution in [3.8, 4) is 23.0 Å². The number of phenols is 1. The highest BCUT2D eigenvalue weighted by atomic mass is 79.9. The Bertz CT molecular complexity index is 1020. The highest BCUT2D eigenvalue weighted by Crippen LogP contribution is 2.33. The molecular formula is C21H22BrN3O6. The van der Waals surface area contributed by atoms with Crippen molar-refractivity contribution >= 4 is 34.0 Å². The summed E-state index contributed by atoms with van der Waals surface area (Å²) in [7, 11) is 1.43. The lowest BCUT2D eigenvalue weighted by atomic mass is 10.0. The summed E-state index contributed by atoms with van der Waals surface area (Å²) < 4.78 is 16.3. The van der Waals surface area contributed by atoms with Crippen LogP contribution in [-0.2, 0) is 4.79 Å². The Morgan fingerprint density at radius 1 is 1.23 bits per heavy atom. The standard InChI is InChI=1S/C21H22BrN3O6/c1-11(2)18(24-20(27)12-4-5-15-16(7-12)31-10-30-15)21(28)25-23-9-13-6-14(22)8-17(29-3)19(13)26/h4-9,11,18,26H,10H2,1-3H3,(H,24,27)(H,25,28). The molecule has 0 spiro atoms. The van der Waals surface area contributed by atoms with Crippen LogP contribution in [0.15, 0.2) is 39.9 Å². The Morgan fingerprint density at radius 3 is 2.68 bits per heavy atom. The first-order valence-electron chi connectivity index (χ1n) is 9.40. The predicted octanol–water partition coefficient (Wildman–Crippen LogP) is 2.80. The molecule has 0 aliphatic carbocycles. The van der Waals surface area contributed by atoms with Crippen LogP contribution < -0.4 is 25.0 Å². The number of nitrogens with one attached hydrogen (secondary N) is 2. The van der Waals surface area contributed by atoms with Crippen LogP contribution in [0.2, 0.25) is 0 Å². The first-order chi connectivity index (χ1) is 14.8. The minimum absolute atomic E-state index is 0.106. The Hall–Kier alpha value is -3.27. The fraction of sp³-hybridized carbons (Fsp3) is 0.286. The number of halogens is 1. The summed E-state index contributed by atoms with van der Waals surface area (Å²) in [5.41, 5.74) is 3.09. The normalized spacial score (nSPS) is 13.3. The third-order valence-electron chi connectivity index (χ3n) is 4.54. The number of methoxy groups -OCH3 is 1. The van der Waals surface area contributed by atoms with Crippen molar-refractivity contribution in [1.29, 1.82) is 0 Å². The summed E-state index contributed by atoms with van der Waals surface area (Å²) in [5.74, 6) is 0.0711. The average molecular weight is 492 g/mol. The van der Waals surface area contributed by atoms with Crippen LogP contribution in [0.4, 0.5) is 0 Å². The SMILES string of the molecule is COc1cc(Br)cc(C=NNC(=O)C(NC(=O)c2ccc3c(c2)OCO3)C(C)C)c1O. The number of carbonyl (C=O) groups excluding carboxylic acids is 2. The van der Waals surface area contributed by atoms with E-state index in [1.807, 2.05) is 0 Å². The molecule has 0 saturated carbocycles. The van der Waals surface area contributed by atoms with Gasteiger partial charge in [0.2, 0.25) is 6.79 Å². The summed E-state index contributed by atoms with van der Waals surface area (Å²) in [4.78, 5) is 25.3. The zero-order valence-corrected chi connectivity index (χ0v) is 18.7. The molecule has 2 amide bonds. The van der Waals surface area contributed by atoms with Crippen molar-refractivity contribution in [2.75, 3.05) is 13.9 Å². The molecule has 3 rings (SSSR count). The fourth-order valence-electron chi connectivity index (χ4n) is 2.88. The third-order valence-corrected chi connectivity index (χ3v) is 5.00. The molecule has 1 aliphatic rings. The molecule has 31 heavy (non-hydrogen) atoms. The van der Waals surface area contributed by atoms with Gasteiger partial charge in [-0.3, -0.25) is 9.59 Å². The first-order valence-corrected chi connectivity index (χ1v) is 10.2. The van der Waals surface area contributed by atoms with Crippen molar-refractivity contribution in [3.63, 3.8) is 0 Å². The van der Waals surface area contributed by atoms with E-state index in [1.165, 1.54) is 13.3 Å². The quantitative estimate of drug-likeness (QED) is 0.404. The smallest absolute Gasteiger partial charge is 0.262 e. The maximum absolute atomic E-state index is 12.6. The number of fused-ring (bicyclic) bond motifs is 1.